The van der Waals surface area contributed by atoms with Gasteiger partial charge in [-0.3, -0.25) is 4.79 Å². The summed E-state index contributed by atoms with van der Waals surface area (Å²) in [5.74, 6) is 0.514. The molecule has 31 heavy (non-hydrogen) atoms. The number of carbonyl (C=O) groups is 2. The molecule has 1 aromatic rings. The molecule has 3 N–H and O–H groups in total. The fourth-order valence-electron chi connectivity index (χ4n) is 4.97. The normalized spacial score (nSPS) is 20.0. The van der Waals surface area contributed by atoms with Crippen LogP contribution in [0.4, 0.5) is 10.5 Å². The highest BCUT2D eigenvalue weighted by molar-refractivity contribution is 6.78. The number of benzene rings is 1. The van der Waals surface area contributed by atoms with Crippen molar-refractivity contribution in [1.82, 2.24) is 5.32 Å². The van der Waals surface area contributed by atoms with Crippen molar-refractivity contribution in [1.29, 1.82) is 0 Å². The van der Waals surface area contributed by atoms with Crippen molar-refractivity contribution in [2.75, 3.05) is 5.73 Å². The third kappa shape index (κ3) is 5.14. The van der Waals surface area contributed by atoms with E-state index >= 15 is 0 Å². The first kappa shape index (κ1) is 25.0. The van der Waals surface area contributed by atoms with Crippen LogP contribution < -0.4 is 15.5 Å². The summed E-state index contributed by atoms with van der Waals surface area (Å²) in [6.45, 7) is 19.0. The van der Waals surface area contributed by atoms with E-state index in [4.69, 9.17) is 14.9 Å². The predicted molar refractivity (Wildman–Crippen MR) is 128 cm³/mol. The second kappa shape index (κ2) is 9.89. The number of nitrogens with one attached hydrogen (secondary N) is 1. The molecule has 0 unspecified atom stereocenters. The number of carbonyl (C=O) groups excluding carboxylic acids is 2. The van der Waals surface area contributed by atoms with Crippen LogP contribution in [0.25, 0.3) is 0 Å². The smallest absolute Gasteiger partial charge is 0.407 e. The summed E-state index contributed by atoms with van der Waals surface area (Å²) >= 11 is 0. The summed E-state index contributed by atoms with van der Waals surface area (Å²) in [7, 11) is -2.11. The molecule has 1 saturated heterocycles. The van der Waals surface area contributed by atoms with E-state index in [2.05, 4.69) is 53.4 Å². The molecule has 0 radical (unpaired) electrons. The third-order valence-corrected chi connectivity index (χ3v) is 12.6. The molecular formula is C24H38N2O4Si. The van der Waals surface area contributed by atoms with E-state index in [9.17, 15) is 9.59 Å². The second-order valence-corrected chi connectivity index (χ2v) is 14.9. The number of hydrogen-bond acceptors (Lipinski definition) is 5. The molecule has 3 atom stereocenters. The quantitative estimate of drug-likeness (QED) is 0.208. The van der Waals surface area contributed by atoms with Crippen molar-refractivity contribution in [3.05, 3.63) is 36.4 Å². The van der Waals surface area contributed by atoms with Crippen LogP contribution in [0.1, 0.15) is 65.2 Å². The molecule has 1 aliphatic heterocycles. The summed E-state index contributed by atoms with van der Waals surface area (Å²) in [4.78, 5) is 24.7. The monoisotopic (exact) mass is 446 g/mol. The minimum Gasteiger partial charge on any atom is -0.543 e. The second-order valence-electron chi connectivity index (χ2n) is 9.51. The van der Waals surface area contributed by atoms with Crippen molar-refractivity contribution in [2.45, 2.75) is 83.7 Å². The van der Waals surface area contributed by atoms with E-state index in [1.165, 1.54) is 0 Å². The lowest BCUT2D eigenvalue weighted by Gasteiger charge is -2.42. The van der Waals surface area contributed by atoms with Crippen molar-refractivity contribution in [2.24, 2.45) is 5.92 Å². The third-order valence-electron chi connectivity index (χ3n) is 6.56. The van der Waals surface area contributed by atoms with Crippen LogP contribution in [0.5, 0.6) is 5.75 Å². The number of ether oxygens (including phenoxy) is 1. The maximum Gasteiger partial charge on any atom is 0.407 e. The predicted octanol–water partition coefficient (Wildman–Crippen LogP) is 5.70. The first-order valence-electron chi connectivity index (χ1n) is 11.1. The molecule has 0 saturated carbocycles. The average molecular weight is 447 g/mol. The van der Waals surface area contributed by atoms with Crippen LogP contribution in [0.2, 0.25) is 16.6 Å². The van der Waals surface area contributed by atoms with Gasteiger partial charge in [-0.25, -0.2) is 4.79 Å². The average Bonchev–Trinajstić information content (AvgIpc) is 3.04. The Kier molecular flexibility index (Phi) is 7.97. The van der Waals surface area contributed by atoms with Gasteiger partial charge in [0.15, 0.2) is 5.78 Å². The highest BCUT2D eigenvalue weighted by Crippen LogP contribution is 2.43. The first-order valence-corrected chi connectivity index (χ1v) is 13.3. The first-order chi connectivity index (χ1) is 14.4. The number of rotatable bonds is 10. The number of Topliss-reactive ketones (excluding diaryl/α,β-unsaturated/α-hetero) is 1. The summed E-state index contributed by atoms with van der Waals surface area (Å²) < 4.78 is 12.0. The SMILES string of the molecule is C=C[C@@H](C)[C@H]1OC(=O)N[C@@H]1CC(=O)c1ccc(O[Si](C(C)C)(C(C)C)C(C)C)cc1N. The summed E-state index contributed by atoms with van der Waals surface area (Å²) in [5.41, 5.74) is 8.40. The molecule has 1 fully saturated rings. The number of anilines is 1. The van der Waals surface area contributed by atoms with E-state index in [0.29, 0.717) is 33.6 Å². The zero-order valence-corrected chi connectivity index (χ0v) is 20.9. The lowest BCUT2D eigenvalue weighted by atomic mass is 9.93. The van der Waals surface area contributed by atoms with E-state index in [0.717, 1.165) is 0 Å². The lowest BCUT2D eigenvalue weighted by molar-refractivity contribution is 0.0893. The minimum atomic E-state index is -2.11. The summed E-state index contributed by atoms with van der Waals surface area (Å²) in [5, 5.41) is 2.73. The molecule has 1 heterocycles. The molecule has 1 aromatic carbocycles. The Labute approximate surface area is 187 Å². The molecule has 7 heteroatoms. The highest BCUT2D eigenvalue weighted by atomic mass is 28.4. The van der Waals surface area contributed by atoms with Crippen molar-refractivity contribution in [3.63, 3.8) is 0 Å². The molecule has 0 aromatic heterocycles. The van der Waals surface area contributed by atoms with Gasteiger partial charge in [0.05, 0.1) is 6.04 Å². The number of nitrogens with two attached hydrogens (primary N) is 1. The van der Waals surface area contributed by atoms with Gasteiger partial charge in [0.1, 0.15) is 11.9 Å². The molecular weight excluding hydrogens is 408 g/mol. The Morgan fingerprint density at radius 1 is 1.19 bits per heavy atom. The fraction of sp³-hybridized carbons (Fsp3) is 0.583. The number of nitrogen functional groups attached to an aromatic ring is 1. The van der Waals surface area contributed by atoms with Crippen LogP contribution in [-0.4, -0.2) is 32.3 Å². The van der Waals surface area contributed by atoms with Gasteiger partial charge in [-0.15, -0.1) is 6.58 Å². The Balaban J connectivity index is 2.23. The van der Waals surface area contributed by atoms with Crippen LogP contribution >= 0.6 is 0 Å². The number of alkyl carbamates (subject to hydrolysis) is 1. The van der Waals surface area contributed by atoms with Crippen LogP contribution in [0, 0.1) is 5.92 Å². The summed E-state index contributed by atoms with van der Waals surface area (Å²) in [6, 6.07) is 4.92. The molecule has 6 nitrogen and oxygen atoms in total. The zero-order valence-electron chi connectivity index (χ0n) is 19.9. The molecule has 1 aliphatic rings. The highest BCUT2D eigenvalue weighted by Gasteiger charge is 2.47. The number of hydrogen-bond donors (Lipinski definition) is 2. The van der Waals surface area contributed by atoms with E-state index in [1.807, 2.05) is 13.0 Å². The van der Waals surface area contributed by atoms with Gasteiger partial charge < -0.3 is 20.2 Å². The van der Waals surface area contributed by atoms with E-state index in [1.54, 1.807) is 18.2 Å². The number of ketones is 1. The Morgan fingerprint density at radius 3 is 2.26 bits per heavy atom. The minimum absolute atomic E-state index is 0.0638. The topological polar surface area (TPSA) is 90.6 Å². The van der Waals surface area contributed by atoms with Gasteiger partial charge in [-0.2, -0.15) is 0 Å². The standard InChI is InChI=1S/C24H38N2O4Si/c1-9-17(8)23-21(26-24(28)29-23)13-22(27)19-11-10-18(12-20(19)25)30-31(14(2)3,15(4)5)16(6)7/h9-12,14-17,21,23H,1,13,25H2,2-8H3,(H,26,28)/t17-,21-,23-/m1/s1. The molecule has 172 valence electrons. The maximum absolute atomic E-state index is 13.0. The van der Waals surface area contributed by atoms with Gasteiger partial charge in [-0.05, 0) is 28.8 Å². The Bertz CT molecular complexity index is 800. The molecule has 0 spiro atoms. The van der Waals surface area contributed by atoms with Crippen molar-refractivity contribution < 1.29 is 18.8 Å². The van der Waals surface area contributed by atoms with Gasteiger partial charge in [0.25, 0.3) is 8.32 Å². The van der Waals surface area contributed by atoms with E-state index in [-0.39, 0.29) is 18.1 Å². The molecule has 2 rings (SSSR count). The molecule has 1 amide bonds. The zero-order chi connectivity index (χ0) is 23.5. The van der Waals surface area contributed by atoms with Crippen LogP contribution in [0.15, 0.2) is 30.9 Å². The van der Waals surface area contributed by atoms with Gasteiger partial charge in [0, 0.05) is 29.7 Å². The van der Waals surface area contributed by atoms with Crippen LogP contribution in [0.3, 0.4) is 0 Å². The number of cyclic esters (lactones) is 1. The maximum atomic E-state index is 13.0. The fourth-order valence-corrected chi connectivity index (χ4v) is 10.2. The largest absolute Gasteiger partial charge is 0.543 e. The van der Waals surface area contributed by atoms with E-state index < -0.39 is 26.6 Å². The van der Waals surface area contributed by atoms with Crippen LogP contribution in [-0.2, 0) is 4.74 Å². The Hall–Kier alpha value is -2.28. The lowest BCUT2D eigenvalue weighted by Crippen LogP contribution is -2.50. The van der Waals surface area contributed by atoms with Gasteiger partial charge in [-0.1, -0.05) is 54.5 Å². The van der Waals surface area contributed by atoms with Gasteiger partial charge in [0.2, 0.25) is 0 Å². The summed E-state index contributed by atoms with van der Waals surface area (Å²) in [6.07, 6.45) is 0.900. The molecule has 0 aliphatic carbocycles. The Morgan fingerprint density at radius 2 is 1.77 bits per heavy atom. The van der Waals surface area contributed by atoms with Gasteiger partial charge >= 0.3 is 6.09 Å². The number of amides is 1. The van der Waals surface area contributed by atoms with Crippen molar-refractivity contribution >= 4 is 25.9 Å². The molecule has 0 bridgehead atoms. The van der Waals surface area contributed by atoms with Crippen molar-refractivity contribution in [3.8, 4) is 5.75 Å².